The molecule has 0 aliphatic carbocycles. The third kappa shape index (κ3) is 4.52. The van der Waals surface area contributed by atoms with E-state index in [-0.39, 0.29) is 17.9 Å². The van der Waals surface area contributed by atoms with Crippen LogP contribution in [0.4, 0.5) is 0 Å². The van der Waals surface area contributed by atoms with Crippen LogP contribution in [0.2, 0.25) is 0 Å². The van der Waals surface area contributed by atoms with Gasteiger partial charge in [-0.25, -0.2) is 14.5 Å². The Labute approximate surface area is 192 Å². The minimum Gasteiger partial charge on any atom is -0.457 e. The van der Waals surface area contributed by atoms with Gasteiger partial charge in [-0.15, -0.1) is 0 Å². The molecule has 0 bridgehead atoms. The van der Waals surface area contributed by atoms with Crippen LogP contribution < -0.4 is 5.32 Å². The molecule has 1 aromatic carbocycles. The highest BCUT2D eigenvalue weighted by Gasteiger charge is 2.25. The van der Waals surface area contributed by atoms with Gasteiger partial charge in [-0.2, -0.15) is 5.10 Å². The number of rotatable bonds is 6. The Hall–Kier alpha value is -3.52. The summed E-state index contributed by atoms with van der Waals surface area (Å²) >= 11 is 0. The SMILES string of the molecule is Cc1c(CCN2CCC(NC(=O)c3ccc(-n4cccn4)nc3)CC2)ccc2c1COC2=O. The first kappa shape index (κ1) is 21.3. The summed E-state index contributed by atoms with van der Waals surface area (Å²) in [5.41, 5.74) is 4.74. The lowest BCUT2D eigenvalue weighted by atomic mass is 9.96. The molecule has 1 saturated heterocycles. The van der Waals surface area contributed by atoms with Crippen LogP contribution >= 0.6 is 0 Å². The zero-order valence-electron chi connectivity index (χ0n) is 18.7. The number of amides is 1. The lowest BCUT2D eigenvalue weighted by molar-refractivity contribution is 0.0534. The molecule has 0 unspecified atom stereocenters. The third-order valence-electron chi connectivity index (χ3n) is 6.65. The summed E-state index contributed by atoms with van der Waals surface area (Å²) in [6, 6.07) is 9.53. The van der Waals surface area contributed by atoms with Crippen molar-refractivity contribution in [2.45, 2.75) is 38.8 Å². The van der Waals surface area contributed by atoms with Gasteiger partial charge in [0.05, 0.1) is 11.1 Å². The van der Waals surface area contributed by atoms with E-state index in [1.54, 1.807) is 29.2 Å². The van der Waals surface area contributed by atoms with Gasteiger partial charge < -0.3 is 15.0 Å². The Morgan fingerprint density at radius 1 is 1.21 bits per heavy atom. The van der Waals surface area contributed by atoms with E-state index in [1.807, 2.05) is 18.3 Å². The van der Waals surface area contributed by atoms with Gasteiger partial charge in [0.25, 0.3) is 5.91 Å². The molecule has 0 saturated carbocycles. The minimum absolute atomic E-state index is 0.0847. The van der Waals surface area contributed by atoms with Crippen LogP contribution in [0.5, 0.6) is 0 Å². The molecule has 0 spiro atoms. The number of esters is 1. The summed E-state index contributed by atoms with van der Waals surface area (Å²) in [5.74, 6) is 0.384. The predicted molar refractivity (Wildman–Crippen MR) is 122 cm³/mol. The molecule has 1 amide bonds. The number of hydrogen-bond donors (Lipinski definition) is 1. The average molecular weight is 446 g/mol. The van der Waals surface area contributed by atoms with Crippen molar-refractivity contribution in [2.75, 3.05) is 19.6 Å². The van der Waals surface area contributed by atoms with E-state index in [1.165, 1.54) is 11.1 Å². The zero-order chi connectivity index (χ0) is 22.8. The summed E-state index contributed by atoms with van der Waals surface area (Å²) < 4.78 is 6.82. The van der Waals surface area contributed by atoms with E-state index in [0.29, 0.717) is 23.6 Å². The summed E-state index contributed by atoms with van der Waals surface area (Å²) in [6.07, 6.45) is 7.90. The monoisotopic (exact) mass is 445 g/mol. The van der Waals surface area contributed by atoms with Crippen molar-refractivity contribution >= 4 is 11.9 Å². The van der Waals surface area contributed by atoms with Gasteiger partial charge in [-0.3, -0.25) is 4.79 Å². The normalized spacial score (nSPS) is 16.5. The number of cyclic esters (lactones) is 1. The molecule has 5 rings (SSSR count). The number of nitrogens with one attached hydrogen (secondary N) is 1. The molecular weight excluding hydrogens is 418 g/mol. The first-order valence-electron chi connectivity index (χ1n) is 11.4. The van der Waals surface area contributed by atoms with Crippen molar-refractivity contribution in [1.29, 1.82) is 0 Å². The van der Waals surface area contributed by atoms with Gasteiger partial charge >= 0.3 is 5.97 Å². The number of ether oxygens (including phenoxy) is 1. The van der Waals surface area contributed by atoms with Gasteiger partial charge in [-0.1, -0.05) is 6.07 Å². The zero-order valence-corrected chi connectivity index (χ0v) is 18.7. The van der Waals surface area contributed by atoms with Crippen molar-refractivity contribution < 1.29 is 14.3 Å². The number of fused-ring (bicyclic) bond motifs is 1. The van der Waals surface area contributed by atoms with Gasteiger partial charge in [0, 0.05) is 49.8 Å². The van der Waals surface area contributed by atoms with Gasteiger partial charge in [0.15, 0.2) is 5.82 Å². The highest BCUT2D eigenvalue weighted by Crippen LogP contribution is 2.26. The van der Waals surface area contributed by atoms with Crippen LogP contribution in [0.1, 0.15) is 50.2 Å². The van der Waals surface area contributed by atoms with Gasteiger partial charge in [-0.05, 0) is 61.6 Å². The Morgan fingerprint density at radius 2 is 2.06 bits per heavy atom. The fourth-order valence-corrected chi connectivity index (χ4v) is 4.58. The number of carbonyl (C=O) groups excluding carboxylic acids is 2. The maximum Gasteiger partial charge on any atom is 0.338 e. The van der Waals surface area contributed by atoms with E-state index < -0.39 is 0 Å². The maximum absolute atomic E-state index is 12.6. The van der Waals surface area contributed by atoms with Crippen molar-refractivity contribution in [2.24, 2.45) is 0 Å². The Kier molecular flexibility index (Phi) is 5.92. The number of aromatic nitrogens is 3. The van der Waals surface area contributed by atoms with Crippen LogP contribution in [0.15, 0.2) is 48.9 Å². The van der Waals surface area contributed by atoms with Crippen LogP contribution in [0.3, 0.4) is 0 Å². The lowest BCUT2D eigenvalue weighted by Crippen LogP contribution is -2.45. The summed E-state index contributed by atoms with van der Waals surface area (Å²) in [4.78, 5) is 31.1. The van der Waals surface area contributed by atoms with Crippen LogP contribution in [-0.2, 0) is 17.8 Å². The van der Waals surface area contributed by atoms with Crippen LogP contribution in [0.25, 0.3) is 5.82 Å². The van der Waals surface area contributed by atoms with E-state index in [9.17, 15) is 9.59 Å². The Bertz CT molecular complexity index is 1150. The number of carbonyl (C=O) groups is 2. The molecule has 3 aromatic rings. The molecule has 170 valence electrons. The lowest BCUT2D eigenvalue weighted by Gasteiger charge is -2.32. The number of likely N-dealkylation sites (tertiary alicyclic amines) is 1. The number of nitrogens with zero attached hydrogens (tertiary/aromatic N) is 4. The number of pyridine rings is 1. The molecular formula is C25H27N5O3. The molecule has 2 aliphatic rings. The van der Waals surface area contributed by atoms with E-state index in [2.05, 4.69) is 33.3 Å². The average Bonchev–Trinajstić information content (AvgIpc) is 3.51. The van der Waals surface area contributed by atoms with Gasteiger partial charge in [0.2, 0.25) is 0 Å². The largest absolute Gasteiger partial charge is 0.457 e. The van der Waals surface area contributed by atoms with Gasteiger partial charge in [0.1, 0.15) is 6.61 Å². The molecule has 8 nitrogen and oxygen atoms in total. The maximum atomic E-state index is 12.6. The number of benzene rings is 1. The summed E-state index contributed by atoms with van der Waals surface area (Å²) in [5, 5.41) is 7.30. The van der Waals surface area contributed by atoms with Crippen molar-refractivity contribution in [3.05, 3.63) is 76.7 Å². The molecule has 1 fully saturated rings. The van der Waals surface area contributed by atoms with Crippen molar-refractivity contribution in [3.8, 4) is 5.82 Å². The van der Waals surface area contributed by atoms with Crippen LogP contribution in [0, 0.1) is 6.92 Å². The summed E-state index contributed by atoms with van der Waals surface area (Å²) in [7, 11) is 0. The van der Waals surface area contributed by atoms with E-state index in [0.717, 1.165) is 44.5 Å². The first-order valence-corrected chi connectivity index (χ1v) is 11.4. The van der Waals surface area contributed by atoms with E-state index in [4.69, 9.17) is 4.74 Å². The quantitative estimate of drug-likeness (QED) is 0.587. The molecule has 0 radical (unpaired) electrons. The molecule has 8 heteroatoms. The standard InChI is InChI=1S/C25H27N5O3/c1-17-18(3-5-21-22(17)16-33-25(21)32)7-12-29-13-8-20(9-14-29)28-24(31)19-4-6-23(26-15-19)30-11-2-10-27-30/h2-6,10-11,15,20H,7-9,12-14,16H2,1H3,(H,28,31). The topological polar surface area (TPSA) is 89.3 Å². The molecule has 1 N–H and O–H groups in total. The van der Waals surface area contributed by atoms with Crippen molar-refractivity contribution in [3.63, 3.8) is 0 Å². The minimum atomic E-state index is -0.214. The molecule has 0 atom stereocenters. The predicted octanol–water partition coefficient (Wildman–Crippen LogP) is 2.68. The molecule has 2 aliphatic heterocycles. The Balaban J connectivity index is 1.10. The van der Waals surface area contributed by atoms with Crippen LogP contribution in [-0.4, -0.2) is 57.2 Å². The fourth-order valence-electron chi connectivity index (χ4n) is 4.58. The Morgan fingerprint density at radius 3 is 2.79 bits per heavy atom. The fraction of sp³-hybridized carbons (Fsp3) is 0.360. The first-order chi connectivity index (χ1) is 16.1. The highest BCUT2D eigenvalue weighted by atomic mass is 16.5. The number of piperidine rings is 1. The highest BCUT2D eigenvalue weighted by molar-refractivity contribution is 5.94. The second-order valence-corrected chi connectivity index (χ2v) is 8.65. The third-order valence-corrected chi connectivity index (χ3v) is 6.65. The van der Waals surface area contributed by atoms with Crippen molar-refractivity contribution in [1.82, 2.24) is 25.0 Å². The molecule has 2 aromatic heterocycles. The molecule has 4 heterocycles. The van der Waals surface area contributed by atoms with E-state index >= 15 is 0 Å². The second kappa shape index (κ2) is 9.15. The summed E-state index contributed by atoms with van der Waals surface area (Å²) in [6.45, 7) is 5.34. The smallest absolute Gasteiger partial charge is 0.338 e. The number of hydrogen-bond acceptors (Lipinski definition) is 6. The molecule has 33 heavy (non-hydrogen) atoms. The second-order valence-electron chi connectivity index (χ2n) is 8.65.